The number of carbonyl (C=O) groups excluding carboxylic acids is 2. The van der Waals surface area contributed by atoms with Crippen LogP contribution in [0.1, 0.15) is 12.0 Å². The van der Waals surface area contributed by atoms with Crippen LogP contribution in [-0.2, 0) is 16.1 Å². The summed E-state index contributed by atoms with van der Waals surface area (Å²) in [7, 11) is 1.49. The van der Waals surface area contributed by atoms with Crippen molar-refractivity contribution in [3.63, 3.8) is 0 Å². The molecule has 0 bridgehead atoms. The SMILES string of the molecule is CNC(=O)C[C@@H]1C(=O)NCCN1Cc1cccc(F)c1F. The average Bonchev–Trinajstić information content (AvgIpc) is 2.47. The van der Waals surface area contributed by atoms with E-state index in [1.165, 1.54) is 19.2 Å². The summed E-state index contributed by atoms with van der Waals surface area (Å²) in [5.74, 6) is -2.39. The molecule has 1 aromatic rings. The van der Waals surface area contributed by atoms with Crippen LogP contribution in [0.5, 0.6) is 0 Å². The number of nitrogens with one attached hydrogen (secondary N) is 2. The van der Waals surface area contributed by atoms with Crippen molar-refractivity contribution in [2.45, 2.75) is 19.0 Å². The number of benzene rings is 1. The molecule has 0 aliphatic carbocycles. The lowest BCUT2D eigenvalue weighted by atomic mass is 10.1. The quantitative estimate of drug-likeness (QED) is 0.846. The van der Waals surface area contributed by atoms with Gasteiger partial charge in [0.05, 0.1) is 12.5 Å². The molecule has 0 radical (unpaired) electrons. The molecular formula is C14H17F2N3O2. The lowest BCUT2D eigenvalue weighted by molar-refractivity contribution is -0.134. The number of hydrogen-bond donors (Lipinski definition) is 2. The Hall–Kier alpha value is -2.02. The normalized spacial score (nSPS) is 19.2. The third-order valence-electron chi connectivity index (χ3n) is 3.50. The third-order valence-corrected chi connectivity index (χ3v) is 3.50. The number of rotatable bonds is 4. The van der Waals surface area contributed by atoms with Gasteiger partial charge < -0.3 is 10.6 Å². The Balaban J connectivity index is 2.17. The molecule has 1 aromatic carbocycles. The Morgan fingerprint density at radius 3 is 2.95 bits per heavy atom. The highest BCUT2D eigenvalue weighted by Gasteiger charge is 2.31. The number of halogens is 2. The first kappa shape index (κ1) is 15.4. The zero-order valence-electron chi connectivity index (χ0n) is 11.7. The van der Waals surface area contributed by atoms with E-state index >= 15 is 0 Å². The van der Waals surface area contributed by atoms with E-state index in [4.69, 9.17) is 0 Å². The van der Waals surface area contributed by atoms with E-state index in [0.717, 1.165) is 6.07 Å². The van der Waals surface area contributed by atoms with Crippen molar-refractivity contribution in [3.8, 4) is 0 Å². The molecule has 0 aromatic heterocycles. The van der Waals surface area contributed by atoms with Gasteiger partial charge in [0.1, 0.15) is 0 Å². The molecule has 5 nitrogen and oxygen atoms in total. The van der Waals surface area contributed by atoms with Gasteiger partial charge in [-0.15, -0.1) is 0 Å². The summed E-state index contributed by atoms with van der Waals surface area (Å²) in [6.45, 7) is 0.974. The van der Waals surface area contributed by atoms with Gasteiger partial charge >= 0.3 is 0 Å². The molecule has 7 heteroatoms. The fraction of sp³-hybridized carbons (Fsp3) is 0.429. The number of nitrogens with zero attached hydrogens (tertiary/aromatic N) is 1. The highest BCUT2D eigenvalue weighted by molar-refractivity contribution is 5.88. The van der Waals surface area contributed by atoms with Crippen LogP contribution < -0.4 is 10.6 Å². The van der Waals surface area contributed by atoms with E-state index in [9.17, 15) is 18.4 Å². The van der Waals surface area contributed by atoms with Crippen LogP contribution in [0.25, 0.3) is 0 Å². The molecule has 21 heavy (non-hydrogen) atoms. The molecule has 0 saturated carbocycles. The first-order valence-corrected chi connectivity index (χ1v) is 6.68. The third kappa shape index (κ3) is 3.55. The topological polar surface area (TPSA) is 61.4 Å². The molecule has 2 amide bonds. The second-order valence-corrected chi connectivity index (χ2v) is 4.87. The standard InChI is InChI=1S/C14H17F2N3O2/c1-17-12(20)7-11-14(21)18-5-6-19(11)8-9-3-2-4-10(15)13(9)16/h2-4,11H,5-8H2,1H3,(H,17,20)(H,18,21)/t11-/m1/s1. The number of hydrogen-bond acceptors (Lipinski definition) is 3. The van der Waals surface area contributed by atoms with Crippen LogP contribution in [0.2, 0.25) is 0 Å². The second kappa shape index (κ2) is 6.62. The predicted molar refractivity (Wildman–Crippen MR) is 72.2 cm³/mol. The zero-order valence-corrected chi connectivity index (χ0v) is 11.7. The zero-order chi connectivity index (χ0) is 15.4. The minimum atomic E-state index is -0.920. The summed E-state index contributed by atoms with van der Waals surface area (Å²) < 4.78 is 27.0. The van der Waals surface area contributed by atoms with Crippen LogP contribution in [-0.4, -0.2) is 42.9 Å². The Morgan fingerprint density at radius 2 is 2.24 bits per heavy atom. The van der Waals surface area contributed by atoms with Gasteiger partial charge in [0.25, 0.3) is 0 Å². The fourth-order valence-corrected chi connectivity index (χ4v) is 2.34. The van der Waals surface area contributed by atoms with E-state index in [0.29, 0.717) is 13.1 Å². The Morgan fingerprint density at radius 1 is 1.48 bits per heavy atom. The molecule has 2 N–H and O–H groups in total. The molecule has 114 valence electrons. The predicted octanol–water partition coefficient (Wildman–Crippen LogP) is 0.401. The largest absolute Gasteiger partial charge is 0.359 e. The van der Waals surface area contributed by atoms with Crippen molar-refractivity contribution < 1.29 is 18.4 Å². The molecule has 1 aliphatic rings. The summed E-state index contributed by atoms with van der Waals surface area (Å²) in [4.78, 5) is 25.1. The van der Waals surface area contributed by atoms with Crippen molar-refractivity contribution in [1.29, 1.82) is 0 Å². The minimum Gasteiger partial charge on any atom is -0.359 e. The lowest BCUT2D eigenvalue weighted by Gasteiger charge is -2.34. The van der Waals surface area contributed by atoms with Crippen LogP contribution in [0, 0.1) is 11.6 Å². The van der Waals surface area contributed by atoms with Crippen molar-refractivity contribution in [3.05, 3.63) is 35.4 Å². The maximum Gasteiger partial charge on any atom is 0.237 e. The molecule has 0 spiro atoms. The molecule has 1 fully saturated rings. The summed E-state index contributed by atoms with van der Waals surface area (Å²) in [6, 6.07) is 3.26. The second-order valence-electron chi connectivity index (χ2n) is 4.87. The highest BCUT2D eigenvalue weighted by Crippen LogP contribution is 2.17. The Bertz CT molecular complexity index is 551. The lowest BCUT2D eigenvalue weighted by Crippen LogP contribution is -2.56. The molecule has 1 heterocycles. The maximum atomic E-state index is 13.7. The van der Waals surface area contributed by atoms with Crippen LogP contribution in [0.15, 0.2) is 18.2 Å². The molecule has 0 unspecified atom stereocenters. The van der Waals surface area contributed by atoms with Gasteiger partial charge in [0.15, 0.2) is 11.6 Å². The first-order chi connectivity index (χ1) is 10.0. The van der Waals surface area contributed by atoms with E-state index in [1.54, 1.807) is 4.90 Å². The number of carbonyl (C=O) groups is 2. The van der Waals surface area contributed by atoms with Gasteiger partial charge in [0, 0.05) is 32.2 Å². The summed E-state index contributed by atoms with van der Waals surface area (Å²) in [6.07, 6.45) is -0.0146. The number of amides is 2. The molecule has 1 aliphatic heterocycles. The van der Waals surface area contributed by atoms with E-state index in [1.807, 2.05) is 0 Å². The van der Waals surface area contributed by atoms with E-state index in [2.05, 4.69) is 10.6 Å². The fourth-order valence-electron chi connectivity index (χ4n) is 2.34. The van der Waals surface area contributed by atoms with Crippen molar-refractivity contribution in [2.75, 3.05) is 20.1 Å². The number of piperazine rings is 1. The van der Waals surface area contributed by atoms with Gasteiger partial charge in [-0.05, 0) is 6.07 Å². The average molecular weight is 297 g/mol. The molecule has 1 atom stereocenters. The van der Waals surface area contributed by atoms with Gasteiger partial charge in [0.2, 0.25) is 11.8 Å². The van der Waals surface area contributed by atoms with E-state index < -0.39 is 17.7 Å². The van der Waals surface area contributed by atoms with Gasteiger partial charge in [-0.1, -0.05) is 12.1 Å². The van der Waals surface area contributed by atoms with Crippen molar-refractivity contribution in [1.82, 2.24) is 15.5 Å². The van der Waals surface area contributed by atoms with Gasteiger partial charge in [-0.25, -0.2) is 8.78 Å². The minimum absolute atomic E-state index is 0.0146. The summed E-state index contributed by atoms with van der Waals surface area (Å²) >= 11 is 0. The maximum absolute atomic E-state index is 13.7. The Kier molecular flexibility index (Phi) is 4.85. The highest BCUT2D eigenvalue weighted by atomic mass is 19.2. The molecular weight excluding hydrogens is 280 g/mol. The smallest absolute Gasteiger partial charge is 0.237 e. The summed E-state index contributed by atoms with van der Waals surface area (Å²) in [5.41, 5.74) is 0.173. The molecule has 2 rings (SSSR count). The van der Waals surface area contributed by atoms with Crippen LogP contribution in [0.4, 0.5) is 8.78 Å². The Labute approximate surface area is 121 Å². The first-order valence-electron chi connectivity index (χ1n) is 6.68. The monoisotopic (exact) mass is 297 g/mol. The van der Waals surface area contributed by atoms with Crippen molar-refractivity contribution in [2.24, 2.45) is 0 Å². The van der Waals surface area contributed by atoms with Gasteiger partial charge in [-0.2, -0.15) is 0 Å². The molecule has 1 saturated heterocycles. The summed E-state index contributed by atoms with van der Waals surface area (Å²) in [5, 5.41) is 5.13. The van der Waals surface area contributed by atoms with Crippen LogP contribution in [0.3, 0.4) is 0 Å². The van der Waals surface area contributed by atoms with Gasteiger partial charge in [-0.3, -0.25) is 14.5 Å². The van der Waals surface area contributed by atoms with E-state index in [-0.39, 0.29) is 30.3 Å². The van der Waals surface area contributed by atoms with Crippen molar-refractivity contribution >= 4 is 11.8 Å². The van der Waals surface area contributed by atoms with Crippen LogP contribution >= 0.6 is 0 Å².